The van der Waals surface area contributed by atoms with E-state index in [9.17, 15) is 10.1 Å². The summed E-state index contributed by atoms with van der Waals surface area (Å²) >= 11 is 1.43. The summed E-state index contributed by atoms with van der Waals surface area (Å²) in [5.41, 5.74) is 3.10. The van der Waals surface area contributed by atoms with Crippen LogP contribution in [0.4, 0.5) is 5.69 Å². The van der Waals surface area contributed by atoms with Gasteiger partial charge in [-0.1, -0.05) is 18.2 Å². The molecule has 1 aromatic carbocycles. The van der Waals surface area contributed by atoms with Crippen molar-refractivity contribution in [2.45, 2.75) is 30.2 Å². The highest BCUT2D eigenvalue weighted by atomic mass is 32.2. The third-order valence-corrected chi connectivity index (χ3v) is 6.66. The van der Waals surface area contributed by atoms with Crippen molar-refractivity contribution in [3.63, 3.8) is 0 Å². The monoisotopic (exact) mass is 435 g/mol. The summed E-state index contributed by atoms with van der Waals surface area (Å²) in [6.07, 6.45) is 5.03. The smallest absolute Gasteiger partial charge is 0.252 e. The number of nitrogens with zero attached hydrogens (tertiary/aromatic N) is 4. The largest absolute Gasteiger partial charge is 0.369 e. The number of pyridine rings is 1. The van der Waals surface area contributed by atoms with Gasteiger partial charge >= 0.3 is 0 Å². The lowest BCUT2D eigenvalue weighted by Crippen LogP contribution is -2.47. The molecule has 1 aliphatic carbocycles. The van der Waals surface area contributed by atoms with Gasteiger partial charge in [0.05, 0.1) is 11.1 Å². The number of piperazine rings is 1. The zero-order chi connectivity index (χ0) is 21.6. The molecule has 31 heavy (non-hydrogen) atoms. The highest BCUT2D eigenvalue weighted by molar-refractivity contribution is 7.98. The Labute approximate surface area is 188 Å². The van der Waals surface area contributed by atoms with E-state index in [0.29, 0.717) is 28.6 Å². The van der Waals surface area contributed by atoms with Crippen LogP contribution < -0.4 is 10.2 Å². The third kappa shape index (κ3) is 5.38. The molecule has 0 bridgehead atoms. The molecule has 0 unspecified atom stereocenters. The number of carbonyl (C=O) groups is 1. The molecular formula is C24H29N5OS. The van der Waals surface area contributed by atoms with Crippen LogP contribution in [0.5, 0.6) is 0 Å². The molecule has 4 rings (SSSR count). The number of hydrogen-bond acceptors (Lipinski definition) is 6. The second kappa shape index (κ2) is 10.2. The molecule has 6 nitrogen and oxygen atoms in total. The molecule has 1 amide bonds. The normalized spacial score (nSPS) is 16.7. The molecular weight excluding hydrogens is 406 g/mol. The van der Waals surface area contributed by atoms with Crippen molar-refractivity contribution in [3.05, 3.63) is 53.2 Å². The van der Waals surface area contributed by atoms with Crippen molar-refractivity contribution in [3.8, 4) is 6.07 Å². The molecule has 1 saturated heterocycles. The van der Waals surface area contributed by atoms with E-state index in [0.717, 1.165) is 57.7 Å². The summed E-state index contributed by atoms with van der Waals surface area (Å²) in [6.45, 7) is 5.70. The van der Waals surface area contributed by atoms with Crippen molar-refractivity contribution in [1.82, 2.24) is 15.2 Å². The lowest BCUT2D eigenvalue weighted by atomic mass is 10.1. The Morgan fingerprint density at radius 2 is 1.97 bits per heavy atom. The fraction of sp³-hybridized carbons (Fsp3) is 0.458. The number of rotatable bonds is 8. The van der Waals surface area contributed by atoms with E-state index < -0.39 is 0 Å². The Hall–Kier alpha value is -2.56. The van der Waals surface area contributed by atoms with E-state index in [-0.39, 0.29) is 5.91 Å². The Kier molecular flexibility index (Phi) is 7.10. The SMILES string of the molecule is CSc1nc(C2CC2)cc(C(=O)NCCCN2CCN(c3ccccc3)CC2)c1C#N. The highest BCUT2D eigenvalue weighted by Gasteiger charge is 2.28. The molecule has 0 spiro atoms. The third-order valence-electron chi connectivity index (χ3n) is 5.98. The zero-order valence-corrected chi connectivity index (χ0v) is 18.8. The number of aromatic nitrogens is 1. The number of hydrogen-bond donors (Lipinski definition) is 1. The predicted octanol–water partition coefficient (Wildman–Crippen LogP) is 3.49. The van der Waals surface area contributed by atoms with Crippen LogP contribution in [-0.2, 0) is 0 Å². The zero-order valence-electron chi connectivity index (χ0n) is 18.0. The van der Waals surface area contributed by atoms with Crippen molar-refractivity contribution >= 4 is 23.4 Å². The van der Waals surface area contributed by atoms with Gasteiger partial charge in [-0.2, -0.15) is 5.26 Å². The van der Waals surface area contributed by atoms with Crippen LogP contribution in [0.15, 0.2) is 41.4 Å². The van der Waals surface area contributed by atoms with Crippen LogP contribution in [0.25, 0.3) is 0 Å². The first-order valence-electron chi connectivity index (χ1n) is 11.0. The first-order valence-corrected chi connectivity index (χ1v) is 12.2. The summed E-state index contributed by atoms with van der Waals surface area (Å²) in [6, 6.07) is 14.6. The molecule has 1 saturated carbocycles. The highest BCUT2D eigenvalue weighted by Crippen LogP contribution is 2.40. The molecule has 162 valence electrons. The van der Waals surface area contributed by atoms with Crippen molar-refractivity contribution in [2.75, 3.05) is 50.4 Å². The van der Waals surface area contributed by atoms with E-state index in [1.54, 1.807) is 0 Å². The van der Waals surface area contributed by atoms with Crippen molar-refractivity contribution in [1.29, 1.82) is 5.26 Å². The van der Waals surface area contributed by atoms with Crippen LogP contribution in [0.3, 0.4) is 0 Å². The van der Waals surface area contributed by atoms with Gasteiger partial charge in [0, 0.05) is 50.0 Å². The predicted molar refractivity (Wildman–Crippen MR) is 125 cm³/mol. The molecule has 2 fully saturated rings. The van der Waals surface area contributed by atoms with Crippen LogP contribution in [-0.4, -0.2) is 61.3 Å². The molecule has 1 aromatic heterocycles. The first-order chi connectivity index (χ1) is 15.2. The topological polar surface area (TPSA) is 72.3 Å². The number of thioether (sulfide) groups is 1. The number of nitriles is 1. The summed E-state index contributed by atoms with van der Waals surface area (Å²) in [7, 11) is 0. The van der Waals surface area contributed by atoms with Crippen LogP contribution in [0.2, 0.25) is 0 Å². The van der Waals surface area contributed by atoms with Gasteiger partial charge in [-0.3, -0.25) is 9.69 Å². The number of benzene rings is 1. The maximum absolute atomic E-state index is 12.8. The maximum atomic E-state index is 12.8. The number of amides is 1. The summed E-state index contributed by atoms with van der Waals surface area (Å²) in [5.74, 6) is 0.282. The maximum Gasteiger partial charge on any atom is 0.252 e. The average Bonchev–Trinajstić information content (AvgIpc) is 3.67. The minimum Gasteiger partial charge on any atom is -0.369 e. The molecule has 0 atom stereocenters. The van der Waals surface area contributed by atoms with Gasteiger partial charge in [-0.15, -0.1) is 11.8 Å². The average molecular weight is 436 g/mol. The van der Waals surface area contributed by atoms with Gasteiger partial charge < -0.3 is 10.2 Å². The standard InChI is InChI=1S/C24H29N5OS/c1-31-24-21(17-25)20(16-22(27-24)18-8-9-18)23(30)26-10-5-11-28-12-14-29(15-13-28)19-6-3-2-4-7-19/h2-4,6-7,16,18H,5,8-15H2,1H3,(H,26,30). The summed E-state index contributed by atoms with van der Waals surface area (Å²) in [4.78, 5) is 22.3. The fourth-order valence-corrected chi connectivity index (χ4v) is 4.59. The second-order valence-electron chi connectivity index (χ2n) is 8.14. The van der Waals surface area contributed by atoms with Gasteiger partial charge in [0.1, 0.15) is 11.1 Å². The van der Waals surface area contributed by atoms with Gasteiger partial charge in [0.15, 0.2) is 0 Å². The molecule has 2 aromatic rings. The molecule has 0 radical (unpaired) electrons. The van der Waals surface area contributed by atoms with E-state index >= 15 is 0 Å². The Bertz CT molecular complexity index is 946. The van der Waals surface area contributed by atoms with Crippen molar-refractivity contribution < 1.29 is 4.79 Å². The number of carbonyl (C=O) groups excluding carboxylic acids is 1. The van der Waals surface area contributed by atoms with E-state index in [4.69, 9.17) is 0 Å². The van der Waals surface area contributed by atoms with E-state index in [2.05, 4.69) is 50.4 Å². The van der Waals surface area contributed by atoms with Crippen LogP contribution in [0, 0.1) is 11.3 Å². The Morgan fingerprint density at radius 3 is 2.61 bits per heavy atom. The number of nitrogens with one attached hydrogen (secondary N) is 1. The quantitative estimate of drug-likeness (QED) is 0.505. The van der Waals surface area contributed by atoms with Gasteiger partial charge in [-0.05, 0) is 50.3 Å². The Balaban J connectivity index is 1.26. The fourth-order valence-electron chi connectivity index (χ4n) is 4.03. The van der Waals surface area contributed by atoms with Gasteiger partial charge in [0.25, 0.3) is 5.91 Å². The molecule has 2 aliphatic rings. The first kappa shape index (κ1) is 21.7. The summed E-state index contributed by atoms with van der Waals surface area (Å²) < 4.78 is 0. The second-order valence-corrected chi connectivity index (χ2v) is 8.93. The van der Waals surface area contributed by atoms with E-state index in [1.165, 1.54) is 17.4 Å². The Morgan fingerprint density at radius 1 is 1.23 bits per heavy atom. The lowest BCUT2D eigenvalue weighted by Gasteiger charge is -2.36. The molecule has 2 heterocycles. The number of para-hydroxylation sites is 1. The van der Waals surface area contributed by atoms with Crippen molar-refractivity contribution in [2.24, 2.45) is 0 Å². The van der Waals surface area contributed by atoms with Crippen LogP contribution in [0.1, 0.15) is 46.8 Å². The minimum absolute atomic E-state index is 0.162. The van der Waals surface area contributed by atoms with Gasteiger partial charge in [-0.25, -0.2) is 4.98 Å². The molecule has 7 heteroatoms. The number of anilines is 1. The molecule has 1 aliphatic heterocycles. The van der Waals surface area contributed by atoms with E-state index in [1.807, 2.05) is 18.4 Å². The summed E-state index contributed by atoms with van der Waals surface area (Å²) in [5, 5.41) is 13.3. The molecule has 1 N–H and O–H groups in total. The van der Waals surface area contributed by atoms with Gasteiger partial charge in [0.2, 0.25) is 0 Å². The minimum atomic E-state index is -0.162. The van der Waals surface area contributed by atoms with Crippen LogP contribution >= 0.6 is 11.8 Å². The lowest BCUT2D eigenvalue weighted by molar-refractivity contribution is 0.0950.